The van der Waals surface area contributed by atoms with Crippen LogP contribution in [0.3, 0.4) is 0 Å². The van der Waals surface area contributed by atoms with Gasteiger partial charge in [-0.15, -0.1) is 0 Å². The molecule has 12 saturated carbocycles. The van der Waals surface area contributed by atoms with Crippen molar-refractivity contribution >= 4 is 5.78 Å². The van der Waals surface area contributed by atoms with Gasteiger partial charge in [-0.3, -0.25) is 4.79 Å². The molecule has 13 fully saturated rings. The van der Waals surface area contributed by atoms with Crippen molar-refractivity contribution in [1.29, 1.82) is 0 Å². The number of ketones is 1. The molecule has 0 radical (unpaired) electrons. The summed E-state index contributed by atoms with van der Waals surface area (Å²) in [6, 6.07) is 0. The molecule has 0 aromatic rings. The summed E-state index contributed by atoms with van der Waals surface area (Å²) in [5, 5.41) is 52.0. The summed E-state index contributed by atoms with van der Waals surface area (Å²) in [6.45, 7) is 41.0. The summed E-state index contributed by atoms with van der Waals surface area (Å²) >= 11 is 0. The van der Waals surface area contributed by atoms with Crippen LogP contribution in [0.15, 0.2) is 0 Å². The first-order valence-corrected chi connectivity index (χ1v) is 40.0. The summed E-state index contributed by atoms with van der Waals surface area (Å²) in [4.78, 5) is 12.1. The molecule has 8 heteroatoms. The zero-order chi connectivity index (χ0) is 66.3. The Balaban J connectivity index is 0.000000170. The number of Topliss-reactive ketones (excluding diaryl/α,β-unsaturated/α-hetero) is 1. The maximum absolute atomic E-state index is 12.1. The molecule has 1 heterocycles. The largest absolute Gasteiger partial charge is 1.00 e. The fourth-order valence-electron chi connectivity index (χ4n) is 27.7. The third-order valence-corrected chi connectivity index (χ3v) is 33.1. The first-order chi connectivity index (χ1) is 42.3. The molecule has 13 rings (SSSR count). The molecule has 9 unspecified atom stereocenters. The summed E-state index contributed by atoms with van der Waals surface area (Å²) in [7, 11) is 0. The molecule has 534 valence electrons. The fourth-order valence-corrected chi connectivity index (χ4v) is 27.7. The Morgan fingerprint density at radius 1 is 0.409 bits per heavy atom. The summed E-state index contributed by atoms with van der Waals surface area (Å²) in [5.74, 6) is 15.5. The van der Waals surface area contributed by atoms with Gasteiger partial charge in [-0.1, -0.05) is 62.3 Å². The number of carbonyl (C=O) groups is 1. The molecule has 1 saturated heterocycles. The van der Waals surface area contributed by atoms with Crippen molar-refractivity contribution in [2.75, 3.05) is 13.2 Å². The molecular formula is C85H151LiO7. The molecule has 0 aromatic heterocycles. The molecule has 13 aliphatic rings. The molecular weight excluding hydrogens is 1140 g/mol. The van der Waals surface area contributed by atoms with E-state index >= 15 is 0 Å². The summed E-state index contributed by atoms with van der Waals surface area (Å²) in [6.07, 6.45) is 43.4. The predicted octanol–water partition coefficient (Wildman–Crippen LogP) is 17.8. The number of hydrogen-bond acceptors (Lipinski definition) is 7. The minimum absolute atomic E-state index is 0. The Hall–Kier alpha value is 0.0274. The van der Waals surface area contributed by atoms with Gasteiger partial charge in [0.15, 0.2) is 0 Å². The Morgan fingerprint density at radius 2 is 0.710 bits per heavy atom. The first-order valence-electron chi connectivity index (χ1n) is 40.0. The number of fused-ring (bicyclic) bond motifs is 15. The minimum Gasteiger partial charge on any atom is -0.390 e. The first kappa shape index (κ1) is 78.7. The topological polar surface area (TPSA) is 127 Å². The smallest absolute Gasteiger partial charge is 0.390 e. The maximum atomic E-state index is 12.1. The van der Waals surface area contributed by atoms with Gasteiger partial charge < -0.3 is 37.7 Å². The zero-order valence-corrected chi connectivity index (χ0v) is 64.6. The standard InChI is InChI=1S/2C27H48O2.C26H44O2.C4H8O.CH3.Li/c2*1-18(11-13-24(2,3)28)21-9-10-22-20-8-7-19-17-25(4,29)15-16-26(19,5)23(20)12-14-27(21,22)6;1-17(10-13-24(2,3)28)21-8-9-22-20-7-6-18-16-19(27)11-14-25(18,4)23(20)12-15-26(21,22)5;1-2-4-5-3-1;;/h2*18-23,28-29H,7-17H2,1-6H3;17-18,20-23,28H,6-16H2,1-5H3;1-4H2;1H3;/q;;;;-1;+1/t18-,19-,20?,21-,22?,23?,25+,26+,27-;18-,19-,20?,21-,22?,23?,25-,26+,27-;17-,18-,20?,21-,22?,23?,25+,26-;;;/m111.../s1. The van der Waals surface area contributed by atoms with Crippen LogP contribution in [0.25, 0.3) is 0 Å². The molecule has 12 aliphatic carbocycles. The monoisotopic (exact) mass is 1290 g/mol. The second-order valence-corrected chi connectivity index (χ2v) is 40.6. The maximum Gasteiger partial charge on any atom is 1.00 e. The number of rotatable bonds is 12. The Kier molecular flexibility index (Phi) is 24.9. The number of carbonyl (C=O) groups excluding carboxylic acids is 1. The predicted molar refractivity (Wildman–Crippen MR) is 382 cm³/mol. The molecule has 0 spiro atoms. The Labute approximate surface area is 586 Å². The van der Waals surface area contributed by atoms with Crippen molar-refractivity contribution in [2.24, 2.45) is 139 Å². The second kappa shape index (κ2) is 29.4. The molecule has 93 heavy (non-hydrogen) atoms. The van der Waals surface area contributed by atoms with E-state index in [0.29, 0.717) is 44.2 Å². The average Bonchev–Trinajstić information content (AvgIpc) is 1.72. The molecule has 0 aromatic carbocycles. The van der Waals surface area contributed by atoms with Gasteiger partial charge in [0.1, 0.15) is 5.78 Å². The van der Waals surface area contributed by atoms with Crippen LogP contribution < -0.4 is 18.9 Å². The van der Waals surface area contributed by atoms with Crippen molar-refractivity contribution in [3.05, 3.63) is 7.43 Å². The van der Waals surface area contributed by atoms with E-state index in [1.807, 2.05) is 41.5 Å². The molecule has 0 bridgehead atoms. The normalized spacial score (nSPS) is 47.4. The van der Waals surface area contributed by atoms with Crippen molar-refractivity contribution in [3.8, 4) is 0 Å². The SMILES string of the molecule is C1CCOC1.C[C@H](CCC(C)(C)O)[C@H]1CCC2C3CC[C@@H]4CC(=O)CC[C@]4(C)C3CC[C@@]21C.C[C@H](CCC(C)(C)O)[C@H]1CCC2C3CC[C@@H]4C[C@@](C)(O)CC[C@]4(C)C3CC[C@@]21C.C[C@H](CCC(C)(C)O)[C@H]1CCC2C3CC[C@@H]4C[C@](C)(O)CC[C@]4(C)C3CC[C@@]21C.[CH3-].[Li+]. The van der Waals surface area contributed by atoms with E-state index in [-0.39, 0.29) is 26.3 Å². The summed E-state index contributed by atoms with van der Waals surface area (Å²) in [5.41, 5.74) is 0.483. The molecule has 0 amide bonds. The van der Waals surface area contributed by atoms with E-state index in [2.05, 4.69) is 76.2 Å². The van der Waals surface area contributed by atoms with E-state index < -0.39 is 28.0 Å². The van der Waals surface area contributed by atoms with Crippen LogP contribution in [0.5, 0.6) is 0 Å². The Bertz CT molecular complexity index is 2300. The number of aliphatic hydroxyl groups is 5. The van der Waals surface area contributed by atoms with Gasteiger partial charge in [-0.2, -0.15) is 0 Å². The van der Waals surface area contributed by atoms with Crippen LogP contribution in [-0.2, 0) is 9.53 Å². The van der Waals surface area contributed by atoms with Gasteiger partial charge in [-0.05, 0) is 406 Å². The van der Waals surface area contributed by atoms with Crippen LogP contribution in [0, 0.1) is 146 Å². The van der Waals surface area contributed by atoms with Crippen molar-refractivity contribution in [1.82, 2.24) is 0 Å². The number of hydrogen-bond donors (Lipinski definition) is 5. The molecule has 5 N–H and O–H groups in total. The quantitative estimate of drug-likeness (QED) is 0.0973. The zero-order valence-electron chi connectivity index (χ0n) is 64.6. The van der Waals surface area contributed by atoms with Gasteiger partial charge in [0, 0.05) is 26.1 Å². The average molecular weight is 1290 g/mol. The van der Waals surface area contributed by atoms with Crippen molar-refractivity contribution in [2.45, 2.75) is 370 Å². The van der Waals surface area contributed by atoms with Crippen LogP contribution >= 0.6 is 0 Å². The number of ether oxygens (including phenoxy) is 1. The molecule has 26 atom stereocenters. The van der Waals surface area contributed by atoms with Crippen LogP contribution in [0.1, 0.15) is 342 Å². The van der Waals surface area contributed by atoms with E-state index in [4.69, 9.17) is 4.74 Å². The van der Waals surface area contributed by atoms with E-state index in [1.54, 1.807) is 0 Å². The van der Waals surface area contributed by atoms with Crippen molar-refractivity contribution in [3.63, 3.8) is 0 Å². The van der Waals surface area contributed by atoms with Crippen molar-refractivity contribution < 1.29 is 53.9 Å². The van der Waals surface area contributed by atoms with E-state index in [9.17, 15) is 30.3 Å². The van der Waals surface area contributed by atoms with Crippen LogP contribution in [0.4, 0.5) is 0 Å². The Morgan fingerprint density at radius 3 is 1.01 bits per heavy atom. The van der Waals surface area contributed by atoms with Gasteiger partial charge in [0.25, 0.3) is 0 Å². The second-order valence-electron chi connectivity index (χ2n) is 40.6. The third kappa shape index (κ3) is 16.4. The van der Waals surface area contributed by atoms with Gasteiger partial charge >= 0.3 is 18.9 Å². The molecule has 1 aliphatic heterocycles. The van der Waals surface area contributed by atoms with E-state index in [0.717, 1.165) is 184 Å². The fraction of sp³-hybridized carbons (Fsp3) is 0.976. The van der Waals surface area contributed by atoms with E-state index in [1.165, 1.54) is 154 Å². The summed E-state index contributed by atoms with van der Waals surface area (Å²) < 4.78 is 4.94. The van der Waals surface area contributed by atoms with Crippen LogP contribution in [-0.4, -0.2) is 72.5 Å². The molecule has 7 nitrogen and oxygen atoms in total. The van der Waals surface area contributed by atoms with Gasteiger partial charge in [-0.25, -0.2) is 0 Å². The van der Waals surface area contributed by atoms with Crippen LogP contribution in [0.2, 0.25) is 0 Å². The minimum atomic E-state index is -0.532. The van der Waals surface area contributed by atoms with Gasteiger partial charge in [0.05, 0.1) is 28.0 Å². The third-order valence-electron chi connectivity index (χ3n) is 33.1. The van der Waals surface area contributed by atoms with Gasteiger partial charge in [0.2, 0.25) is 0 Å².